The van der Waals surface area contributed by atoms with Crippen LogP contribution in [0.4, 0.5) is 0 Å². The SMILES string of the molecule is COC1=N[C@H](C(C)C)C(OC)=N[C@H]1Cc1ccc(Br)cc1Cl. The van der Waals surface area contributed by atoms with Crippen LogP contribution in [-0.4, -0.2) is 38.1 Å². The predicted molar refractivity (Wildman–Crippen MR) is 94.2 cm³/mol. The Balaban J connectivity index is 2.29. The average molecular weight is 388 g/mol. The van der Waals surface area contributed by atoms with E-state index in [2.05, 4.69) is 39.8 Å². The van der Waals surface area contributed by atoms with Crippen LogP contribution in [-0.2, 0) is 15.9 Å². The monoisotopic (exact) mass is 386 g/mol. The van der Waals surface area contributed by atoms with E-state index >= 15 is 0 Å². The lowest BCUT2D eigenvalue weighted by Crippen LogP contribution is -2.38. The van der Waals surface area contributed by atoms with Crippen LogP contribution in [0.3, 0.4) is 0 Å². The molecule has 0 spiro atoms. The first-order valence-electron chi connectivity index (χ1n) is 7.13. The molecule has 0 N–H and O–H groups in total. The number of hydrogen-bond acceptors (Lipinski definition) is 4. The molecule has 120 valence electrons. The number of nitrogens with zero attached hydrogens (tertiary/aromatic N) is 2. The third kappa shape index (κ3) is 3.82. The molecule has 0 saturated carbocycles. The van der Waals surface area contributed by atoms with E-state index in [0.29, 0.717) is 29.2 Å². The summed E-state index contributed by atoms with van der Waals surface area (Å²) in [5.74, 6) is 1.56. The molecule has 1 aliphatic heterocycles. The van der Waals surface area contributed by atoms with Crippen molar-refractivity contribution in [3.05, 3.63) is 33.3 Å². The van der Waals surface area contributed by atoms with Crippen molar-refractivity contribution in [2.45, 2.75) is 32.4 Å². The van der Waals surface area contributed by atoms with Crippen molar-refractivity contribution in [2.75, 3.05) is 14.2 Å². The van der Waals surface area contributed by atoms with Gasteiger partial charge in [-0.05, 0) is 23.6 Å². The maximum atomic E-state index is 6.30. The molecule has 0 aliphatic carbocycles. The minimum Gasteiger partial charge on any atom is -0.483 e. The van der Waals surface area contributed by atoms with Crippen molar-refractivity contribution < 1.29 is 9.47 Å². The number of hydrogen-bond donors (Lipinski definition) is 0. The minimum absolute atomic E-state index is 0.100. The number of ether oxygens (including phenoxy) is 2. The molecular formula is C16H20BrClN2O2. The third-order valence-electron chi connectivity index (χ3n) is 3.57. The Morgan fingerprint density at radius 2 is 1.86 bits per heavy atom. The van der Waals surface area contributed by atoms with Gasteiger partial charge in [-0.15, -0.1) is 0 Å². The number of halogens is 2. The summed E-state index contributed by atoms with van der Waals surface area (Å²) in [6.07, 6.45) is 0.621. The van der Waals surface area contributed by atoms with Crippen molar-refractivity contribution in [1.29, 1.82) is 0 Å². The fourth-order valence-corrected chi connectivity index (χ4v) is 3.14. The van der Waals surface area contributed by atoms with Crippen LogP contribution < -0.4 is 0 Å². The highest BCUT2D eigenvalue weighted by Crippen LogP contribution is 2.25. The van der Waals surface area contributed by atoms with Gasteiger partial charge in [0.25, 0.3) is 0 Å². The van der Waals surface area contributed by atoms with E-state index in [4.69, 9.17) is 21.1 Å². The average Bonchev–Trinajstić information content (AvgIpc) is 2.49. The van der Waals surface area contributed by atoms with Gasteiger partial charge in [-0.1, -0.05) is 47.4 Å². The lowest BCUT2D eigenvalue weighted by Gasteiger charge is -2.27. The lowest BCUT2D eigenvalue weighted by atomic mass is 10.0. The van der Waals surface area contributed by atoms with Crippen molar-refractivity contribution >= 4 is 39.3 Å². The molecule has 2 rings (SSSR count). The van der Waals surface area contributed by atoms with Crippen LogP contribution in [0.2, 0.25) is 5.02 Å². The number of aliphatic imine (C=N–C) groups is 2. The molecule has 1 aromatic rings. The Labute approximate surface area is 144 Å². The van der Waals surface area contributed by atoms with E-state index in [-0.39, 0.29) is 12.1 Å². The van der Waals surface area contributed by atoms with Crippen LogP contribution in [0.1, 0.15) is 19.4 Å². The molecule has 22 heavy (non-hydrogen) atoms. The minimum atomic E-state index is -0.214. The van der Waals surface area contributed by atoms with Crippen LogP contribution >= 0.6 is 27.5 Å². The van der Waals surface area contributed by atoms with Gasteiger partial charge >= 0.3 is 0 Å². The summed E-state index contributed by atoms with van der Waals surface area (Å²) in [4.78, 5) is 9.35. The standard InChI is InChI=1S/C16H20BrClN2O2/c1-9(2)14-16(22-4)19-13(15(20-14)21-3)7-10-5-6-11(17)8-12(10)18/h5-6,8-9,13-14H,7H2,1-4H3/t13-,14+/m0/s1. The van der Waals surface area contributed by atoms with Crippen molar-refractivity contribution in [2.24, 2.45) is 15.9 Å². The Kier molecular flexibility index (Phi) is 5.87. The first kappa shape index (κ1) is 17.3. The second-order valence-corrected chi connectivity index (χ2v) is 6.81. The first-order valence-corrected chi connectivity index (χ1v) is 8.30. The Morgan fingerprint density at radius 3 is 2.41 bits per heavy atom. The van der Waals surface area contributed by atoms with Gasteiger partial charge in [-0.3, -0.25) is 0 Å². The van der Waals surface area contributed by atoms with Gasteiger partial charge in [0.1, 0.15) is 12.1 Å². The molecule has 0 unspecified atom stereocenters. The highest BCUT2D eigenvalue weighted by Gasteiger charge is 2.31. The lowest BCUT2D eigenvalue weighted by molar-refractivity contribution is 0.332. The first-order chi connectivity index (χ1) is 10.5. The maximum Gasteiger partial charge on any atom is 0.209 e. The summed E-state index contributed by atoms with van der Waals surface area (Å²) in [5.41, 5.74) is 1.00. The molecule has 0 amide bonds. The van der Waals surface area contributed by atoms with Crippen LogP contribution in [0.25, 0.3) is 0 Å². The predicted octanol–water partition coefficient (Wildman–Crippen LogP) is 4.14. The van der Waals surface area contributed by atoms with E-state index < -0.39 is 0 Å². The van der Waals surface area contributed by atoms with Gasteiger partial charge in [0.05, 0.1) is 14.2 Å². The molecular weight excluding hydrogens is 368 g/mol. The summed E-state index contributed by atoms with van der Waals surface area (Å²) in [5, 5.41) is 0.699. The maximum absolute atomic E-state index is 6.30. The number of rotatable bonds is 3. The molecule has 1 aliphatic rings. The molecule has 1 aromatic carbocycles. The second-order valence-electron chi connectivity index (χ2n) is 5.49. The fourth-order valence-electron chi connectivity index (χ4n) is 2.39. The quantitative estimate of drug-likeness (QED) is 0.782. The van der Waals surface area contributed by atoms with Crippen LogP contribution in [0, 0.1) is 5.92 Å². The van der Waals surface area contributed by atoms with Gasteiger partial charge in [0.15, 0.2) is 0 Å². The number of benzene rings is 1. The summed E-state index contributed by atoms with van der Waals surface area (Å²) < 4.78 is 11.8. The van der Waals surface area contributed by atoms with Gasteiger partial charge in [0, 0.05) is 15.9 Å². The van der Waals surface area contributed by atoms with Crippen LogP contribution in [0.15, 0.2) is 32.7 Å². The molecule has 0 aromatic heterocycles. The summed E-state index contributed by atoms with van der Waals surface area (Å²) in [6.45, 7) is 4.17. The van der Waals surface area contributed by atoms with Crippen molar-refractivity contribution in [3.63, 3.8) is 0 Å². The zero-order chi connectivity index (χ0) is 16.3. The van der Waals surface area contributed by atoms with Crippen LogP contribution in [0.5, 0.6) is 0 Å². The largest absolute Gasteiger partial charge is 0.483 e. The summed E-state index contributed by atoms with van der Waals surface area (Å²) in [7, 11) is 3.25. The Morgan fingerprint density at radius 1 is 1.18 bits per heavy atom. The zero-order valence-corrected chi connectivity index (χ0v) is 15.5. The molecule has 6 heteroatoms. The van der Waals surface area contributed by atoms with Gasteiger partial charge in [0.2, 0.25) is 11.8 Å². The Bertz CT molecular complexity index is 602. The topological polar surface area (TPSA) is 43.2 Å². The zero-order valence-electron chi connectivity index (χ0n) is 13.1. The molecule has 0 radical (unpaired) electrons. The molecule has 0 bridgehead atoms. The summed E-state index contributed by atoms with van der Waals surface area (Å²) in [6, 6.07) is 5.51. The molecule has 0 saturated heterocycles. The van der Waals surface area contributed by atoms with Gasteiger partial charge in [-0.25, -0.2) is 9.98 Å². The van der Waals surface area contributed by atoms with Gasteiger partial charge < -0.3 is 9.47 Å². The van der Waals surface area contributed by atoms with Crippen molar-refractivity contribution in [3.8, 4) is 0 Å². The van der Waals surface area contributed by atoms with E-state index in [9.17, 15) is 0 Å². The number of methoxy groups -OCH3 is 2. The summed E-state index contributed by atoms with van der Waals surface area (Å²) >= 11 is 9.71. The molecule has 1 heterocycles. The van der Waals surface area contributed by atoms with E-state index in [1.165, 1.54) is 0 Å². The smallest absolute Gasteiger partial charge is 0.209 e. The molecule has 2 atom stereocenters. The van der Waals surface area contributed by atoms with Gasteiger partial charge in [-0.2, -0.15) is 0 Å². The van der Waals surface area contributed by atoms with E-state index in [1.807, 2.05) is 18.2 Å². The third-order valence-corrected chi connectivity index (χ3v) is 4.41. The second kappa shape index (κ2) is 7.47. The fraction of sp³-hybridized carbons (Fsp3) is 0.500. The molecule has 0 fully saturated rings. The van der Waals surface area contributed by atoms with E-state index in [1.54, 1.807) is 14.2 Å². The normalized spacial score (nSPS) is 21.4. The molecule has 4 nitrogen and oxygen atoms in total. The van der Waals surface area contributed by atoms with Crippen molar-refractivity contribution in [1.82, 2.24) is 0 Å². The highest BCUT2D eigenvalue weighted by molar-refractivity contribution is 9.10. The Hall–Kier alpha value is -1.07. The van der Waals surface area contributed by atoms with E-state index in [0.717, 1.165) is 10.0 Å². The highest BCUT2D eigenvalue weighted by atomic mass is 79.9.